The number of carbonyl (C=O) groups is 1. The molecular weight excluding hydrogens is 478 g/mol. The van der Waals surface area contributed by atoms with Gasteiger partial charge in [0.1, 0.15) is 0 Å². The molecule has 1 amide bonds. The summed E-state index contributed by atoms with van der Waals surface area (Å²) in [5, 5.41) is 3.13. The zero-order chi connectivity index (χ0) is 27.1. The van der Waals surface area contributed by atoms with Gasteiger partial charge in [0.2, 0.25) is 5.91 Å². The molecule has 0 spiro atoms. The summed E-state index contributed by atoms with van der Waals surface area (Å²) >= 11 is -1.25. The fraction of sp³-hybridized carbons (Fsp3) is 0.969. The van der Waals surface area contributed by atoms with Gasteiger partial charge in [-0.05, 0) is 24.7 Å². The molecule has 0 aliphatic carbocycles. The van der Waals surface area contributed by atoms with Gasteiger partial charge in [0.15, 0.2) is 11.1 Å². The van der Waals surface area contributed by atoms with Crippen molar-refractivity contribution in [1.29, 1.82) is 0 Å². The number of carbonyl (C=O) groups excluding carboxylic acids is 1. The second-order valence-corrected chi connectivity index (χ2v) is 13.7. The maximum absolute atomic E-state index is 12.4. The SMILES string of the molecule is CC(C)CCCCCCCCCCCC(=O)N[C@H]1CS(=O)O[C@@H]1CCCCCCCCCCCC(C)C. The van der Waals surface area contributed by atoms with Crippen molar-refractivity contribution in [1.82, 2.24) is 5.32 Å². The van der Waals surface area contributed by atoms with Gasteiger partial charge in [-0.25, -0.2) is 4.21 Å². The molecule has 0 aromatic carbocycles. The van der Waals surface area contributed by atoms with Crippen LogP contribution in [-0.4, -0.2) is 28.0 Å². The zero-order valence-corrected chi connectivity index (χ0v) is 26.0. The number of hydrogen-bond acceptors (Lipinski definition) is 3. The van der Waals surface area contributed by atoms with Crippen molar-refractivity contribution in [2.45, 2.75) is 181 Å². The molecule has 1 fully saturated rings. The summed E-state index contributed by atoms with van der Waals surface area (Å²) in [6.07, 6.45) is 27.4. The summed E-state index contributed by atoms with van der Waals surface area (Å²) in [6, 6.07) is -0.0742. The van der Waals surface area contributed by atoms with Crippen LogP contribution in [0.5, 0.6) is 0 Å². The minimum Gasteiger partial charge on any atom is -0.350 e. The Labute approximate surface area is 233 Å². The van der Waals surface area contributed by atoms with Crippen LogP contribution in [0.15, 0.2) is 0 Å². The first-order valence-electron chi connectivity index (χ1n) is 16.2. The van der Waals surface area contributed by atoms with Crippen molar-refractivity contribution in [3.63, 3.8) is 0 Å². The largest absolute Gasteiger partial charge is 0.350 e. The first kappa shape index (κ1) is 34.6. The van der Waals surface area contributed by atoms with Crippen molar-refractivity contribution >= 4 is 17.0 Å². The van der Waals surface area contributed by atoms with Gasteiger partial charge in [0.05, 0.1) is 17.9 Å². The molecule has 220 valence electrons. The predicted molar refractivity (Wildman–Crippen MR) is 161 cm³/mol. The predicted octanol–water partition coefficient (Wildman–Crippen LogP) is 9.43. The van der Waals surface area contributed by atoms with Crippen LogP contribution in [0.25, 0.3) is 0 Å². The van der Waals surface area contributed by atoms with Crippen LogP contribution in [-0.2, 0) is 20.1 Å². The van der Waals surface area contributed by atoms with E-state index in [-0.39, 0.29) is 18.1 Å². The van der Waals surface area contributed by atoms with E-state index in [1.54, 1.807) is 0 Å². The molecule has 1 heterocycles. The monoisotopic (exact) mass is 541 g/mol. The second-order valence-electron chi connectivity index (χ2n) is 12.5. The van der Waals surface area contributed by atoms with E-state index in [2.05, 4.69) is 33.0 Å². The van der Waals surface area contributed by atoms with Gasteiger partial charge in [0, 0.05) is 6.42 Å². The summed E-state index contributed by atoms with van der Waals surface area (Å²) in [4.78, 5) is 12.4. The summed E-state index contributed by atoms with van der Waals surface area (Å²) in [5.74, 6) is 2.24. The van der Waals surface area contributed by atoms with E-state index in [1.165, 1.54) is 109 Å². The third-order valence-electron chi connectivity index (χ3n) is 7.80. The Balaban J connectivity index is 1.99. The maximum Gasteiger partial charge on any atom is 0.220 e. The third kappa shape index (κ3) is 21.1. The van der Waals surface area contributed by atoms with Crippen LogP contribution in [0.1, 0.15) is 169 Å². The van der Waals surface area contributed by atoms with Crippen molar-refractivity contribution in [2.24, 2.45) is 11.8 Å². The summed E-state index contributed by atoms with van der Waals surface area (Å²) in [7, 11) is 0. The standard InChI is InChI=1S/C32H63NO3S/c1-28(2)23-19-15-11-7-5-9-13-17-21-25-31-30(27-37(35)36-31)33-32(34)26-22-18-14-10-6-8-12-16-20-24-29(3)4/h28-31H,5-27H2,1-4H3,(H,33,34)/t30-,31+,37?/m0/s1. The molecule has 3 atom stereocenters. The highest BCUT2D eigenvalue weighted by Crippen LogP contribution is 2.21. The van der Waals surface area contributed by atoms with Crippen LogP contribution < -0.4 is 5.32 Å². The molecule has 4 nitrogen and oxygen atoms in total. The Bertz CT molecular complexity index is 566. The highest BCUT2D eigenvalue weighted by molar-refractivity contribution is 7.80. The van der Waals surface area contributed by atoms with Crippen molar-refractivity contribution in [3.8, 4) is 0 Å². The molecule has 0 bridgehead atoms. The average molecular weight is 542 g/mol. The van der Waals surface area contributed by atoms with Gasteiger partial charge in [-0.3, -0.25) is 8.98 Å². The van der Waals surface area contributed by atoms with E-state index < -0.39 is 11.1 Å². The minimum absolute atomic E-state index is 0.0742. The normalized spacial score (nSPS) is 19.8. The lowest BCUT2D eigenvalue weighted by Crippen LogP contribution is -2.42. The Morgan fingerprint density at radius 3 is 1.54 bits per heavy atom. The lowest BCUT2D eigenvalue weighted by Gasteiger charge is -2.18. The van der Waals surface area contributed by atoms with Crippen LogP contribution in [0.4, 0.5) is 0 Å². The van der Waals surface area contributed by atoms with E-state index in [1.807, 2.05) is 0 Å². The number of amides is 1. The minimum atomic E-state index is -1.25. The van der Waals surface area contributed by atoms with E-state index in [0.717, 1.165) is 37.5 Å². The van der Waals surface area contributed by atoms with Gasteiger partial charge in [-0.2, -0.15) is 0 Å². The van der Waals surface area contributed by atoms with E-state index in [0.29, 0.717) is 12.2 Å². The molecular formula is C32H63NO3S. The van der Waals surface area contributed by atoms with Crippen LogP contribution in [0, 0.1) is 11.8 Å². The first-order valence-corrected chi connectivity index (χ1v) is 17.5. The molecule has 1 aliphatic rings. The van der Waals surface area contributed by atoms with Crippen molar-refractivity contribution in [3.05, 3.63) is 0 Å². The highest BCUT2D eigenvalue weighted by Gasteiger charge is 2.34. The van der Waals surface area contributed by atoms with Gasteiger partial charge in [-0.15, -0.1) is 0 Å². The smallest absolute Gasteiger partial charge is 0.220 e. The van der Waals surface area contributed by atoms with Crippen LogP contribution in [0.3, 0.4) is 0 Å². The fourth-order valence-electron chi connectivity index (χ4n) is 5.37. The number of hydrogen-bond donors (Lipinski definition) is 1. The molecule has 1 N–H and O–H groups in total. The Morgan fingerprint density at radius 1 is 0.676 bits per heavy atom. The molecule has 37 heavy (non-hydrogen) atoms. The molecule has 1 saturated heterocycles. The van der Waals surface area contributed by atoms with E-state index in [4.69, 9.17) is 4.18 Å². The van der Waals surface area contributed by atoms with Gasteiger partial charge < -0.3 is 5.32 Å². The number of nitrogens with one attached hydrogen (secondary N) is 1. The number of unbranched alkanes of at least 4 members (excludes halogenated alkanes) is 16. The van der Waals surface area contributed by atoms with E-state index in [9.17, 15) is 9.00 Å². The Hall–Kier alpha value is -0.420. The molecule has 0 aromatic heterocycles. The zero-order valence-electron chi connectivity index (χ0n) is 25.2. The third-order valence-corrected chi connectivity index (χ3v) is 8.89. The van der Waals surface area contributed by atoms with Gasteiger partial charge >= 0.3 is 0 Å². The molecule has 1 unspecified atom stereocenters. The Kier molecular flexibility index (Phi) is 21.9. The van der Waals surface area contributed by atoms with E-state index >= 15 is 0 Å². The van der Waals surface area contributed by atoms with Crippen LogP contribution in [0.2, 0.25) is 0 Å². The molecule has 1 aliphatic heterocycles. The molecule has 0 radical (unpaired) electrons. The topological polar surface area (TPSA) is 55.4 Å². The summed E-state index contributed by atoms with van der Waals surface area (Å²) < 4.78 is 17.6. The molecule has 0 aromatic rings. The molecule has 1 rings (SSSR count). The van der Waals surface area contributed by atoms with Crippen molar-refractivity contribution in [2.75, 3.05) is 5.75 Å². The molecule has 0 saturated carbocycles. The average Bonchev–Trinajstić information content (AvgIpc) is 3.18. The second kappa shape index (κ2) is 23.5. The first-order chi connectivity index (χ1) is 17.9. The highest BCUT2D eigenvalue weighted by atomic mass is 32.2. The Morgan fingerprint density at radius 2 is 1.08 bits per heavy atom. The van der Waals surface area contributed by atoms with Gasteiger partial charge in [0.25, 0.3) is 0 Å². The molecule has 5 heteroatoms. The summed E-state index contributed by atoms with van der Waals surface area (Å²) in [6.45, 7) is 9.23. The number of rotatable bonds is 25. The summed E-state index contributed by atoms with van der Waals surface area (Å²) in [5.41, 5.74) is 0. The van der Waals surface area contributed by atoms with Crippen LogP contribution >= 0.6 is 0 Å². The van der Waals surface area contributed by atoms with Crippen molar-refractivity contribution < 1.29 is 13.2 Å². The quantitative estimate of drug-likeness (QED) is 0.117. The maximum atomic E-state index is 12.4. The van der Waals surface area contributed by atoms with Gasteiger partial charge in [-0.1, -0.05) is 150 Å². The lowest BCUT2D eigenvalue weighted by molar-refractivity contribution is -0.122. The fourth-order valence-corrected chi connectivity index (χ4v) is 6.55. The lowest BCUT2D eigenvalue weighted by atomic mass is 10.0.